The van der Waals surface area contributed by atoms with Gasteiger partial charge in [0, 0.05) is 0 Å². The average molecular weight is 383 g/mol. The molecule has 1 heterocycles. The van der Waals surface area contributed by atoms with E-state index >= 15 is 0 Å². The summed E-state index contributed by atoms with van der Waals surface area (Å²) in [6.07, 6.45) is 0. The monoisotopic (exact) mass is 383 g/mol. The minimum Gasteiger partial charge on any atom is -0.467 e. The molecule has 2 rings (SSSR count). The van der Waals surface area contributed by atoms with Crippen molar-refractivity contribution in [3.63, 3.8) is 0 Å². The van der Waals surface area contributed by atoms with Crippen LogP contribution in [0.4, 0.5) is 5.13 Å². The molecule has 0 bridgehead atoms. The second-order valence-electron chi connectivity index (χ2n) is 5.07. The van der Waals surface area contributed by atoms with Gasteiger partial charge in [0.05, 0.1) is 17.7 Å². The molecule has 1 amide bonds. The van der Waals surface area contributed by atoms with E-state index < -0.39 is 27.9 Å². The lowest BCUT2D eigenvalue weighted by atomic mass is 10.3. The Hall–Kier alpha value is -2.46. The minimum atomic E-state index is -3.79. The van der Waals surface area contributed by atoms with Crippen LogP contribution in [0.15, 0.2) is 35.2 Å². The Kier molecular flexibility index (Phi) is 5.75. The van der Waals surface area contributed by atoms with Crippen molar-refractivity contribution in [3.05, 3.63) is 40.9 Å². The number of aryl methyl sites for hydroxylation is 1. The zero-order valence-corrected chi connectivity index (χ0v) is 15.4. The third-order valence-electron chi connectivity index (χ3n) is 3.18. The Labute approximate surface area is 149 Å². The topological polar surface area (TPSA) is 114 Å². The normalized spacial score (nSPS) is 12.3. The predicted molar refractivity (Wildman–Crippen MR) is 93.0 cm³/mol. The van der Waals surface area contributed by atoms with Gasteiger partial charge in [-0.3, -0.25) is 9.52 Å². The van der Waals surface area contributed by atoms with Crippen molar-refractivity contribution in [2.45, 2.75) is 24.8 Å². The van der Waals surface area contributed by atoms with Gasteiger partial charge in [0.1, 0.15) is 10.9 Å². The Morgan fingerprint density at radius 1 is 1.24 bits per heavy atom. The molecule has 25 heavy (non-hydrogen) atoms. The number of carbonyl (C=O) groups excluding carboxylic acids is 2. The first-order valence-corrected chi connectivity index (χ1v) is 9.48. The van der Waals surface area contributed by atoms with E-state index in [1.165, 1.54) is 26.2 Å². The number of nitrogens with one attached hydrogen (secondary N) is 2. The van der Waals surface area contributed by atoms with E-state index in [2.05, 4.69) is 19.8 Å². The molecule has 0 saturated carbocycles. The maximum absolute atomic E-state index is 12.3. The number of nitrogens with zero attached hydrogens (tertiary/aromatic N) is 1. The molecule has 1 aromatic heterocycles. The standard InChI is InChI=1S/C15H17N3O5S2/c1-9-12(13(19)16-10(2)14(20)23-3)24-15(17-9)18-25(21,22)11-7-5-4-6-8-11/h4-8,10H,1-3H3,(H,16,19)(H,17,18)/t10-/m0/s1. The van der Waals surface area contributed by atoms with Gasteiger partial charge >= 0.3 is 5.97 Å². The summed E-state index contributed by atoms with van der Waals surface area (Å²) in [5.41, 5.74) is 0.352. The minimum absolute atomic E-state index is 0.0669. The summed E-state index contributed by atoms with van der Waals surface area (Å²) in [6.45, 7) is 3.06. The molecule has 0 saturated heterocycles. The van der Waals surface area contributed by atoms with Gasteiger partial charge in [0.25, 0.3) is 15.9 Å². The molecule has 8 nitrogen and oxygen atoms in total. The summed E-state index contributed by atoms with van der Waals surface area (Å²) < 4.78 is 31.5. The van der Waals surface area contributed by atoms with Crippen LogP contribution in [-0.4, -0.2) is 38.4 Å². The van der Waals surface area contributed by atoms with Crippen molar-refractivity contribution in [2.75, 3.05) is 11.8 Å². The largest absolute Gasteiger partial charge is 0.467 e. The second-order valence-corrected chi connectivity index (χ2v) is 7.75. The highest BCUT2D eigenvalue weighted by Gasteiger charge is 2.23. The molecular weight excluding hydrogens is 366 g/mol. The number of amides is 1. The van der Waals surface area contributed by atoms with Crippen LogP contribution < -0.4 is 10.0 Å². The van der Waals surface area contributed by atoms with E-state index in [-0.39, 0.29) is 14.9 Å². The fraction of sp³-hybridized carbons (Fsp3) is 0.267. The van der Waals surface area contributed by atoms with Crippen LogP contribution in [0, 0.1) is 6.92 Å². The first-order valence-electron chi connectivity index (χ1n) is 7.18. The second kappa shape index (κ2) is 7.62. The van der Waals surface area contributed by atoms with Gasteiger partial charge in [0.15, 0.2) is 5.13 Å². The molecule has 0 spiro atoms. The number of rotatable bonds is 6. The molecule has 2 N–H and O–H groups in total. The van der Waals surface area contributed by atoms with Gasteiger partial charge in [0.2, 0.25) is 0 Å². The fourth-order valence-electron chi connectivity index (χ4n) is 1.92. The molecule has 0 aliphatic rings. The molecule has 2 aromatic rings. The highest BCUT2D eigenvalue weighted by atomic mass is 32.2. The predicted octanol–water partition coefficient (Wildman–Crippen LogP) is 1.54. The molecule has 1 atom stereocenters. The van der Waals surface area contributed by atoms with Crippen molar-refractivity contribution in [1.29, 1.82) is 0 Å². The van der Waals surface area contributed by atoms with Crippen LogP contribution in [0.2, 0.25) is 0 Å². The summed E-state index contributed by atoms with van der Waals surface area (Å²) in [5, 5.41) is 2.54. The molecule has 1 aromatic carbocycles. The zero-order valence-electron chi connectivity index (χ0n) is 13.8. The van der Waals surface area contributed by atoms with Crippen molar-refractivity contribution >= 4 is 38.4 Å². The smallest absolute Gasteiger partial charge is 0.328 e. The molecule has 0 fully saturated rings. The fourth-order valence-corrected chi connectivity index (χ4v) is 4.05. The Morgan fingerprint density at radius 3 is 2.48 bits per heavy atom. The van der Waals surface area contributed by atoms with E-state index in [0.29, 0.717) is 5.69 Å². The summed E-state index contributed by atoms with van der Waals surface area (Å²) >= 11 is 0.885. The number of esters is 1. The molecule has 134 valence electrons. The molecule has 0 aliphatic carbocycles. The number of carbonyl (C=O) groups is 2. The van der Waals surface area contributed by atoms with Crippen LogP contribution >= 0.6 is 11.3 Å². The van der Waals surface area contributed by atoms with E-state index in [1.54, 1.807) is 25.1 Å². The SMILES string of the molecule is COC(=O)[C@H](C)NC(=O)c1sc(NS(=O)(=O)c2ccccc2)nc1C. The van der Waals surface area contributed by atoms with Crippen LogP contribution in [-0.2, 0) is 19.6 Å². The van der Waals surface area contributed by atoms with Gasteiger partial charge in [-0.15, -0.1) is 0 Å². The summed E-state index contributed by atoms with van der Waals surface area (Å²) in [6, 6.07) is 6.99. The number of benzene rings is 1. The number of ether oxygens (including phenoxy) is 1. The van der Waals surface area contributed by atoms with E-state index in [4.69, 9.17) is 0 Å². The van der Waals surface area contributed by atoms with E-state index in [0.717, 1.165) is 11.3 Å². The van der Waals surface area contributed by atoms with E-state index in [1.807, 2.05) is 0 Å². The first kappa shape index (κ1) is 18.9. The van der Waals surface area contributed by atoms with Crippen LogP contribution in [0.5, 0.6) is 0 Å². The lowest BCUT2D eigenvalue weighted by Gasteiger charge is -2.10. The third-order valence-corrected chi connectivity index (χ3v) is 5.74. The number of hydrogen-bond acceptors (Lipinski definition) is 7. The molecular formula is C15H17N3O5S2. The van der Waals surface area contributed by atoms with Gasteiger partial charge in [-0.05, 0) is 26.0 Å². The van der Waals surface area contributed by atoms with Gasteiger partial charge < -0.3 is 10.1 Å². The highest BCUT2D eigenvalue weighted by Crippen LogP contribution is 2.25. The lowest BCUT2D eigenvalue weighted by Crippen LogP contribution is -2.39. The van der Waals surface area contributed by atoms with Crippen LogP contribution in [0.1, 0.15) is 22.3 Å². The summed E-state index contributed by atoms with van der Waals surface area (Å²) in [4.78, 5) is 28.0. The Morgan fingerprint density at radius 2 is 1.88 bits per heavy atom. The van der Waals surface area contributed by atoms with E-state index in [9.17, 15) is 18.0 Å². The lowest BCUT2D eigenvalue weighted by molar-refractivity contribution is -0.142. The van der Waals surface area contributed by atoms with Gasteiger partial charge in [-0.1, -0.05) is 29.5 Å². The zero-order chi connectivity index (χ0) is 18.6. The maximum atomic E-state index is 12.3. The average Bonchev–Trinajstić information content (AvgIpc) is 2.94. The number of methoxy groups -OCH3 is 1. The highest BCUT2D eigenvalue weighted by molar-refractivity contribution is 7.93. The van der Waals surface area contributed by atoms with Crippen LogP contribution in [0.25, 0.3) is 0 Å². The molecule has 0 radical (unpaired) electrons. The number of aromatic nitrogens is 1. The Bertz CT molecular complexity index is 878. The first-order chi connectivity index (χ1) is 11.7. The number of thiazole rings is 1. The molecule has 10 heteroatoms. The van der Waals surface area contributed by atoms with Crippen LogP contribution in [0.3, 0.4) is 0 Å². The van der Waals surface area contributed by atoms with Gasteiger partial charge in [-0.2, -0.15) is 0 Å². The summed E-state index contributed by atoms with van der Waals surface area (Å²) in [7, 11) is -2.57. The van der Waals surface area contributed by atoms with Crippen molar-refractivity contribution in [1.82, 2.24) is 10.3 Å². The van der Waals surface area contributed by atoms with Crippen molar-refractivity contribution < 1.29 is 22.7 Å². The Balaban J connectivity index is 2.17. The summed E-state index contributed by atoms with van der Waals surface area (Å²) in [5.74, 6) is -1.11. The quantitative estimate of drug-likeness (QED) is 0.732. The van der Waals surface area contributed by atoms with Crippen molar-refractivity contribution in [3.8, 4) is 0 Å². The molecule has 0 aliphatic heterocycles. The molecule has 0 unspecified atom stereocenters. The van der Waals surface area contributed by atoms with Gasteiger partial charge in [-0.25, -0.2) is 18.2 Å². The number of sulfonamides is 1. The number of hydrogen-bond donors (Lipinski definition) is 2. The number of anilines is 1. The maximum Gasteiger partial charge on any atom is 0.328 e. The third kappa shape index (κ3) is 4.54. The van der Waals surface area contributed by atoms with Crippen molar-refractivity contribution in [2.24, 2.45) is 0 Å².